The minimum Gasteiger partial charge on any atom is -0.465 e. The second-order valence-electron chi connectivity index (χ2n) is 5.17. The Hall–Kier alpha value is -2.15. The standard InChI is InChI=1S/C15H14BrN3O3/c16-11-4-3-9(6-10(11)8-20)12-7-17-14(18-12)13-2-1-5-19(13)15(21)22/h3-4,6-8,13H,1-2,5H2,(H,17,18)(H,21,22). The molecule has 1 aliphatic rings. The maximum atomic E-state index is 11.2. The van der Waals surface area contributed by atoms with Crippen LogP contribution in [0.15, 0.2) is 28.9 Å². The van der Waals surface area contributed by atoms with Gasteiger partial charge in [-0.05, 0) is 25.0 Å². The van der Waals surface area contributed by atoms with Crippen molar-refractivity contribution in [3.05, 3.63) is 40.3 Å². The third kappa shape index (κ3) is 2.64. The number of rotatable bonds is 3. The van der Waals surface area contributed by atoms with Crippen LogP contribution in [0.25, 0.3) is 11.3 Å². The predicted molar refractivity (Wildman–Crippen MR) is 83.8 cm³/mol. The predicted octanol–water partition coefficient (Wildman–Crippen LogP) is 3.47. The molecule has 1 amide bonds. The third-order valence-electron chi connectivity index (χ3n) is 3.84. The molecule has 1 aromatic heterocycles. The van der Waals surface area contributed by atoms with Crippen molar-refractivity contribution >= 4 is 28.3 Å². The molecule has 1 aromatic carbocycles. The van der Waals surface area contributed by atoms with Crippen molar-refractivity contribution < 1.29 is 14.7 Å². The van der Waals surface area contributed by atoms with Gasteiger partial charge in [0.25, 0.3) is 0 Å². The Morgan fingerprint density at radius 3 is 3.05 bits per heavy atom. The molecule has 0 spiro atoms. The van der Waals surface area contributed by atoms with Gasteiger partial charge in [-0.2, -0.15) is 0 Å². The number of likely N-dealkylation sites (tertiary alicyclic amines) is 1. The van der Waals surface area contributed by atoms with Crippen molar-refractivity contribution in [3.63, 3.8) is 0 Å². The average molecular weight is 364 g/mol. The van der Waals surface area contributed by atoms with Crippen LogP contribution in [0.5, 0.6) is 0 Å². The molecule has 1 saturated heterocycles. The number of hydrogen-bond acceptors (Lipinski definition) is 3. The van der Waals surface area contributed by atoms with Crippen molar-refractivity contribution in [2.75, 3.05) is 6.54 Å². The molecule has 0 saturated carbocycles. The Bertz CT molecular complexity index is 729. The van der Waals surface area contributed by atoms with Gasteiger partial charge in [0.1, 0.15) is 5.82 Å². The van der Waals surface area contributed by atoms with E-state index in [0.29, 0.717) is 17.9 Å². The van der Waals surface area contributed by atoms with E-state index < -0.39 is 6.09 Å². The lowest BCUT2D eigenvalue weighted by Gasteiger charge is -2.19. The summed E-state index contributed by atoms with van der Waals surface area (Å²) in [6.07, 6.45) is 3.13. The lowest BCUT2D eigenvalue weighted by Crippen LogP contribution is -2.29. The Balaban J connectivity index is 1.91. The van der Waals surface area contributed by atoms with Crippen LogP contribution >= 0.6 is 15.9 Å². The fraction of sp³-hybridized carbons (Fsp3) is 0.267. The van der Waals surface area contributed by atoms with E-state index in [1.165, 1.54) is 4.90 Å². The molecule has 2 N–H and O–H groups in total. The number of carboxylic acid groups (broad SMARTS) is 1. The largest absolute Gasteiger partial charge is 0.465 e. The van der Waals surface area contributed by atoms with Gasteiger partial charge >= 0.3 is 6.09 Å². The fourth-order valence-electron chi connectivity index (χ4n) is 2.73. The SMILES string of the molecule is O=Cc1cc(-c2cnc(C3CCCN3C(=O)O)[nH]2)ccc1Br. The topological polar surface area (TPSA) is 86.3 Å². The van der Waals surface area contributed by atoms with Crippen LogP contribution in [-0.4, -0.2) is 38.9 Å². The van der Waals surface area contributed by atoms with E-state index in [1.807, 2.05) is 6.07 Å². The van der Waals surface area contributed by atoms with Crippen LogP contribution in [0, 0.1) is 0 Å². The third-order valence-corrected chi connectivity index (χ3v) is 4.57. The molecule has 0 radical (unpaired) electrons. The highest BCUT2D eigenvalue weighted by Crippen LogP contribution is 2.31. The molecule has 6 nitrogen and oxygen atoms in total. The van der Waals surface area contributed by atoms with E-state index in [0.717, 1.165) is 34.9 Å². The first-order chi connectivity index (χ1) is 10.6. The molecule has 3 rings (SSSR count). The van der Waals surface area contributed by atoms with E-state index in [1.54, 1.807) is 18.3 Å². The number of imidazole rings is 1. The Kier molecular flexibility index (Phi) is 3.98. The zero-order valence-electron chi connectivity index (χ0n) is 11.6. The van der Waals surface area contributed by atoms with Gasteiger partial charge in [0, 0.05) is 22.1 Å². The summed E-state index contributed by atoms with van der Waals surface area (Å²) in [5.41, 5.74) is 2.16. The summed E-state index contributed by atoms with van der Waals surface area (Å²) in [4.78, 5) is 31.1. The number of nitrogens with one attached hydrogen (secondary N) is 1. The average Bonchev–Trinajstić information content (AvgIpc) is 3.16. The van der Waals surface area contributed by atoms with E-state index in [-0.39, 0.29) is 6.04 Å². The maximum Gasteiger partial charge on any atom is 0.407 e. The van der Waals surface area contributed by atoms with Crippen LogP contribution in [0.3, 0.4) is 0 Å². The second kappa shape index (κ2) is 5.92. The summed E-state index contributed by atoms with van der Waals surface area (Å²) in [5, 5.41) is 9.21. The first-order valence-electron chi connectivity index (χ1n) is 6.89. The number of aromatic nitrogens is 2. The monoisotopic (exact) mass is 363 g/mol. The number of H-pyrrole nitrogens is 1. The quantitative estimate of drug-likeness (QED) is 0.817. The summed E-state index contributed by atoms with van der Waals surface area (Å²) in [6.45, 7) is 0.531. The molecule has 2 heterocycles. The molecule has 2 aromatic rings. The van der Waals surface area contributed by atoms with Crippen molar-refractivity contribution in [2.24, 2.45) is 0 Å². The summed E-state index contributed by atoms with van der Waals surface area (Å²) in [6, 6.07) is 5.21. The molecule has 0 bridgehead atoms. The first-order valence-corrected chi connectivity index (χ1v) is 7.69. The van der Waals surface area contributed by atoms with Crippen LogP contribution in [-0.2, 0) is 0 Å². The number of aromatic amines is 1. The van der Waals surface area contributed by atoms with E-state index in [2.05, 4.69) is 25.9 Å². The van der Waals surface area contributed by atoms with E-state index in [9.17, 15) is 14.7 Å². The normalized spacial score (nSPS) is 17.7. The number of halogens is 1. The van der Waals surface area contributed by atoms with Gasteiger partial charge in [-0.3, -0.25) is 9.69 Å². The summed E-state index contributed by atoms with van der Waals surface area (Å²) >= 11 is 3.32. The number of carbonyl (C=O) groups excluding carboxylic acids is 1. The van der Waals surface area contributed by atoms with Crippen LogP contribution in [0.2, 0.25) is 0 Å². The smallest absolute Gasteiger partial charge is 0.407 e. The maximum absolute atomic E-state index is 11.2. The number of nitrogens with zero attached hydrogens (tertiary/aromatic N) is 2. The zero-order chi connectivity index (χ0) is 15.7. The minimum absolute atomic E-state index is 0.229. The summed E-state index contributed by atoms with van der Waals surface area (Å²) < 4.78 is 0.735. The zero-order valence-corrected chi connectivity index (χ0v) is 13.2. The van der Waals surface area contributed by atoms with Gasteiger partial charge in [-0.25, -0.2) is 9.78 Å². The number of benzene rings is 1. The van der Waals surface area contributed by atoms with Gasteiger partial charge in [0.15, 0.2) is 6.29 Å². The molecule has 1 unspecified atom stereocenters. The van der Waals surface area contributed by atoms with E-state index >= 15 is 0 Å². The van der Waals surface area contributed by atoms with Crippen molar-refractivity contribution in [1.82, 2.24) is 14.9 Å². The Labute approximate surface area is 135 Å². The molecule has 1 atom stereocenters. The van der Waals surface area contributed by atoms with Gasteiger partial charge < -0.3 is 10.1 Å². The second-order valence-corrected chi connectivity index (χ2v) is 6.02. The number of amides is 1. The number of carbonyl (C=O) groups is 2. The minimum atomic E-state index is -0.924. The van der Waals surface area contributed by atoms with Gasteiger partial charge in [0.05, 0.1) is 17.9 Å². The van der Waals surface area contributed by atoms with Gasteiger partial charge in [-0.1, -0.05) is 22.0 Å². The number of hydrogen-bond donors (Lipinski definition) is 2. The molecule has 114 valence electrons. The molecule has 1 aliphatic heterocycles. The molecule has 22 heavy (non-hydrogen) atoms. The van der Waals surface area contributed by atoms with Crippen molar-refractivity contribution in [1.29, 1.82) is 0 Å². The highest BCUT2D eigenvalue weighted by atomic mass is 79.9. The fourth-order valence-corrected chi connectivity index (χ4v) is 3.07. The molecular formula is C15H14BrN3O3. The number of aldehydes is 1. The van der Waals surface area contributed by atoms with Gasteiger partial charge in [0.2, 0.25) is 0 Å². The van der Waals surface area contributed by atoms with Crippen LogP contribution in [0.4, 0.5) is 4.79 Å². The summed E-state index contributed by atoms with van der Waals surface area (Å²) in [7, 11) is 0. The highest BCUT2D eigenvalue weighted by Gasteiger charge is 2.31. The lowest BCUT2D eigenvalue weighted by molar-refractivity contribution is 0.112. The highest BCUT2D eigenvalue weighted by molar-refractivity contribution is 9.10. The van der Waals surface area contributed by atoms with Crippen molar-refractivity contribution in [3.8, 4) is 11.3 Å². The molecular weight excluding hydrogens is 350 g/mol. The molecule has 0 aliphatic carbocycles. The Morgan fingerprint density at radius 1 is 1.50 bits per heavy atom. The summed E-state index contributed by atoms with van der Waals surface area (Å²) in [5.74, 6) is 0.644. The van der Waals surface area contributed by atoms with Crippen LogP contribution in [0.1, 0.15) is 35.1 Å². The van der Waals surface area contributed by atoms with Crippen LogP contribution < -0.4 is 0 Å². The molecule has 7 heteroatoms. The first kappa shape index (κ1) is 14.8. The lowest BCUT2D eigenvalue weighted by atomic mass is 10.1. The van der Waals surface area contributed by atoms with Gasteiger partial charge in [-0.15, -0.1) is 0 Å². The van der Waals surface area contributed by atoms with Crippen molar-refractivity contribution in [2.45, 2.75) is 18.9 Å². The Morgan fingerprint density at radius 2 is 2.32 bits per heavy atom. The van der Waals surface area contributed by atoms with E-state index in [4.69, 9.17) is 0 Å². The molecule has 1 fully saturated rings.